The molecule has 0 bridgehead atoms. The van der Waals surface area contributed by atoms with Gasteiger partial charge in [-0.25, -0.2) is 9.97 Å². The Labute approximate surface area is 153 Å². The van der Waals surface area contributed by atoms with Gasteiger partial charge in [0, 0.05) is 24.0 Å². The molecule has 24 heavy (non-hydrogen) atoms. The zero-order valence-electron chi connectivity index (χ0n) is 17.1. The summed E-state index contributed by atoms with van der Waals surface area (Å²) in [5.41, 5.74) is 3.28. The van der Waals surface area contributed by atoms with Crippen LogP contribution in [-0.4, -0.2) is 23.3 Å². The summed E-state index contributed by atoms with van der Waals surface area (Å²) >= 11 is 1.66. The first-order valence-corrected chi connectivity index (χ1v) is 10.0. The van der Waals surface area contributed by atoms with Gasteiger partial charge in [0.1, 0.15) is 5.03 Å². The number of aromatic nitrogens is 2. The minimum atomic E-state index is 0.744. The van der Waals surface area contributed by atoms with Crippen molar-refractivity contribution < 1.29 is 0 Å². The van der Waals surface area contributed by atoms with Crippen molar-refractivity contribution in [1.82, 2.24) is 9.97 Å². The van der Waals surface area contributed by atoms with Crippen LogP contribution < -0.4 is 4.90 Å². The summed E-state index contributed by atoms with van der Waals surface area (Å²) in [5.74, 6) is 0.744. The highest BCUT2D eigenvalue weighted by Gasteiger charge is 2.11. The van der Waals surface area contributed by atoms with Crippen LogP contribution in [0.25, 0.3) is 0 Å². The summed E-state index contributed by atoms with van der Waals surface area (Å²) in [7, 11) is 1.99. The molecule has 1 aromatic heterocycles. The highest BCUT2D eigenvalue weighted by molar-refractivity contribution is 7.98. The van der Waals surface area contributed by atoms with Crippen LogP contribution in [0.2, 0.25) is 0 Å². The van der Waals surface area contributed by atoms with Crippen LogP contribution in [0.15, 0.2) is 35.4 Å². The van der Waals surface area contributed by atoms with Gasteiger partial charge in [0.25, 0.3) is 0 Å². The second kappa shape index (κ2) is 15.0. The van der Waals surface area contributed by atoms with E-state index in [1.807, 2.05) is 84.9 Å². The molecule has 3 nitrogen and oxygen atoms in total. The summed E-state index contributed by atoms with van der Waals surface area (Å²) in [6.45, 7) is 16.1. The Bertz CT molecular complexity index is 542. The van der Waals surface area contributed by atoms with Crippen LogP contribution in [0.5, 0.6) is 0 Å². The van der Waals surface area contributed by atoms with Gasteiger partial charge in [-0.05, 0) is 32.2 Å². The third kappa shape index (κ3) is 7.35. The molecule has 0 aliphatic rings. The Morgan fingerprint density at radius 2 is 1.33 bits per heavy atom. The number of para-hydroxylation sites is 1. The maximum absolute atomic E-state index is 4.61. The topological polar surface area (TPSA) is 29.0 Å². The van der Waals surface area contributed by atoms with Gasteiger partial charge in [-0.15, -0.1) is 11.8 Å². The molecule has 2 aromatic rings. The number of thioether (sulfide) groups is 1. The first-order valence-electron chi connectivity index (χ1n) is 8.81. The Hall–Kier alpha value is -1.55. The fourth-order valence-corrected chi connectivity index (χ4v) is 2.33. The molecule has 0 saturated carbocycles. The van der Waals surface area contributed by atoms with Gasteiger partial charge >= 0.3 is 0 Å². The second-order valence-corrected chi connectivity index (χ2v) is 4.93. The number of hydrogen-bond acceptors (Lipinski definition) is 4. The molecule has 0 spiro atoms. The van der Waals surface area contributed by atoms with Crippen molar-refractivity contribution in [1.29, 1.82) is 0 Å². The Morgan fingerprint density at radius 3 is 1.79 bits per heavy atom. The molecule has 4 heteroatoms. The van der Waals surface area contributed by atoms with Crippen molar-refractivity contribution in [2.75, 3.05) is 18.2 Å². The molecule has 0 radical (unpaired) electrons. The highest BCUT2D eigenvalue weighted by Crippen LogP contribution is 2.25. The maximum atomic E-state index is 4.61. The van der Waals surface area contributed by atoms with Crippen LogP contribution in [0.1, 0.15) is 52.8 Å². The third-order valence-electron chi connectivity index (χ3n) is 2.97. The van der Waals surface area contributed by atoms with E-state index < -0.39 is 0 Å². The summed E-state index contributed by atoms with van der Waals surface area (Å²) in [4.78, 5) is 11.2. The lowest BCUT2D eigenvalue weighted by Gasteiger charge is -2.19. The molecular weight excluding hydrogens is 314 g/mol. The zero-order valence-corrected chi connectivity index (χ0v) is 18.0. The summed E-state index contributed by atoms with van der Waals surface area (Å²) in [5, 5.41) is 1.04. The van der Waals surface area contributed by atoms with Crippen molar-refractivity contribution in [2.24, 2.45) is 0 Å². The van der Waals surface area contributed by atoms with Crippen molar-refractivity contribution in [2.45, 2.75) is 60.4 Å². The van der Waals surface area contributed by atoms with E-state index in [0.29, 0.717) is 0 Å². The van der Waals surface area contributed by atoms with E-state index in [1.54, 1.807) is 11.8 Å². The fraction of sp³-hybridized carbons (Fsp3) is 0.500. The summed E-state index contributed by atoms with van der Waals surface area (Å²) < 4.78 is 0. The minimum Gasteiger partial charge on any atom is -0.314 e. The van der Waals surface area contributed by atoms with E-state index in [9.17, 15) is 0 Å². The van der Waals surface area contributed by atoms with Crippen molar-refractivity contribution in [3.05, 3.63) is 41.6 Å². The summed E-state index contributed by atoms with van der Waals surface area (Å²) in [6.07, 6.45) is 2.04. The number of hydrogen-bond donors (Lipinski definition) is 0. The van der Waals surface area contributed by atoms with Gasteiger partial charge < -0.3 is 4.90 Å². The second-order valence-electron chi connectivity index (χ2n) is 4.14. The number of anilines is 2. The fourth-order valence-electron chi connectivity index (χ4n) is 1.70. The van der Waals surface area contributed by atoms with Crippen molar-refractivity contribution >= 4 is 23.4 Å². The maximum Gasteiger partial charge on any atom is 0.230 e. The Morgan fingerprint density at radius 1 is 0.833 bits per heavy atom. The van der Waals surface area contributed by atoms with E-state index >= 15 is 0 Å². The molecule has 1 heterocycles. The first kappa shape index (κ1) is 24.7. The third-order valence-corrected chi connectivity index (χ3v) is 3.75. The monoisotopic (exact) mass is 349 g/mol. The Balaban J connectivity index is 0. The molecule has 1 aromatic carbocycles. The van der Waals surface area contributed by atoms with E-state index in [4.69, 9.17) is 0 Å². The first-order chi connectivity index (χ1) is 11.6. The molecule has 0 atom stereocenters. The number of aryl methyl sites for hydroxylation is 1. The van der Waals surface area contributed by atoms with Crippen molar-refractivity contribution in [3.8, 4) is 0 Å². The van der Waals surface area contributed by atoms with E-state index in [-0.39, 0.29) is 0 Å². The normalized spacial score (nSPS) is 8.58. The zero-order chi connectivity index (χ0) is 19.1. The number of nitrogens with zero attached hydrogens (tertiary/aromatic N) is 3. The van der Waals surface area contributed by atoms with E-state index in [2.05, 4.69) is 29.0 Å². The average Bonchev–Trinajstić information content (AvgIpc) is 2.68. The van der Waals surface area contributed by atoms with Gasteiger partial charge in [-0.2, -0.15) is 0 Å². The van der Waals surface area contributed by atoms with E-state index in [1.165, 1.54) is 0 Å². The lowest BCUT2D eigenvalue weighted by Crippen LogP contribution is -2.14. The largest absolute Gasteiger partial charge is 0.314 e. The molecule has 0 saturated heterocycles. The molecule has 0 aliphatic carbocycles. The standard InChI is InChI=1S/C14H17N3S.3C2H6/c1-10-11(2)15-14(16-13(10)18-4)17(3)12-8-6-5-7-9-12;3*1-2/h5-9H,1-4H3;3*1-2H3. The van der Waals surface area contributed by atoms with Gasteiger partial charge in [-0.1, -0.05) is 59.7 Å². The quantitative estimate of drug-likeness (QED) is 0.457. The number of rotatable bonds is 3. The van der Waals surface area contributed by atoms with Gasteiger partial charge in [0.05, 0.1) is 0 Å². The van der Waals surface area contributed by atoms with Gasteiger partial charge in [0.15, 0.2) is 0 Å². The van der Waals surface area contributed by atoms with Crippen LogP contribution in [0, 0.1) is 13.8 Å². The van der Waals surface area contributed by atoms with Crippen LogP contribution >= 0.6 is 11.8 Å². The predicted molar refractivity (Wildman–Crippen MR) is 112 cm³/mol. The molecule has 0 N–H and O–H groups in total. The highest BCUT2D eigenvalue weighted by atomic mass is 32.2. The number of benzene rings is 1. The summed E-state index contributed by atoms with van der Waals surface area (Å²) in [6, 6.07) is 10.1. The average molecular weight is 350 g/mol. The van der Waals surface area contributed by atoms with Gasteiger partial charge in [0.2, 0.25) is 5.95 Å². The smallest absolute Gasteiger partial charge is 0.230 e. The Kier molecular flexibility index (Phi) is 15.4. The molecule has 2 rings (SSSR count). The molecule has 0 unspecified atom stereocenters. The van der Waals surface area contributed by atoms with Crippen LogP contribution in [0.3, 0.4) is 0 Å². The molecule has 0 aliphatic heterocycles. The molecule has 136 valence electrons. The molecule has 0 fully saturated rings. The van der Waals surface area contributed by atoms with Gasteiger partial charge in [-0.3, -0.25) is 0 Å². The molecule has 0 amide bonds. The van der Waals surface area contributed by atoms with Crippen LogP contribution in [-0.2, 0) is 0 Å². The SMILES string of the molecule is CC.CC.CC.CSc1nc(N(C)c2ccccc2)nc(C)c1C. The van der Waals surface area contributed by atoms with E-state index in [0.717, 1.165) is 27.9 Å². The minimum absolute atomic E-state index is 0.744. The van der Waals surface area contributed by atoms with Crippen molar-refractivity contribution in [3.63, 3.8) is 0 Å². The predicted octanol–water partition coefficient (Wildman–Crippen LogP) is 6.66. The van der Waals surface area contributed by atoms with Crippen LogP contribution in [0.4, 0.5) is 11.6 Å². The molecular formula is C20H35N3S. The lowest BCUT2D eigenvalue weighted by atomic mass is 10.3. The lowest BCUT2D eigenvalue weighted by molar-refractivity contribution is 0.926.